The van der Waals surface area contributed by atoms with Gasteiger partial charge in [-0.2, -0.15) is 5.26 Å². The van der Waals surface area contributed by atoms with Crippen LogP contribution >= 0.6 is 11.6 Å². The quantitative estimate of drug-likeness (QED) is 0.824. The molecule has 0 aliphatic carbocycles. The fraction of sp³-hybridized carbons (Fsp3) is 0.364. The van der Waals surface area contributed by atoms with E-state index in [4.69, 9.17) is 22.6 Å². The van der Waals surface area contributed by atoms with Gasteiger partial charge in [0.05, 0.1) is 10.6 Å². The van der Waals surface area contributed by atoms with Gasteiger partial charge in [0.25, 0.3) is 0 Å². The zero-order valence-electron chi connectivity index (χ0n) is 8.63. The maximum absolute atomic E-state index is 8.69. The summed E-state index contributed by atoms with van der Waals surface area (Å²) in [5.41, 5.74) is 7.15. The van der Waals surface area contributed by atoms with Crippen LogP contribution in [-0.2, 0) is 0 Å². The number of nitrogens with two attached hydrogens (primary N) is 1. The van der Waals surface area contributed by atoms with Gasteiger partial charge in [-0.1, -0.05) is 18.5 Å². The first kappa shape index (κ1) is 11.8. The zero-order valence-corrected chi connectivity index (χ0v) is 9.38. The molecule has 1 rings (SSSR count). The second-order valence-corrected chi connectivity index (χ2v) is 3.76. The van der Waals surface area contributed by atoms with Crippen LogP contribution in [0.1, 0.15) is 18.9 Å². The van der Waals surface area contributed by atoms with Crippen molar-refractivity contribution in [1.82, 2.24) is 0 Å². The normalized spacial score (nSPS) is 11.9. The molecule has 3 nitrogen and oxygen atoms in total. The van der Waals surface area contributed by atoms with Crippen LogP contribution in [0.15, 0.2) is 18.2 Å². The molecule has 0 bridgehead atoms. The highest BCUT2D eigenvalue weighted by Crippen LogP contribution is 2.19. The Hall–Kier alpha value is -1.24. The fourth-order valence-corrected chi connectivity index (χ4v) is 1.33. The van der Waals surface area contributed by atoms with Crippen molar-refractivity contribution in [2.24, 2.45) is 5.73 Å². The first-order chi connectivity index (χ1) is 7.17. The molecule has 15 heavy (non-hydrogen) atoms. The first-order valence-electron chi connectivity index (χ1n) is 4.86. The molecule has 0 saturated heterocycles. The van der Waals surface area contributed by atoms with Gasteiger partial charge in [0.2, 0.25) is 0 Å². The lowest BCUT2D eigenvalue weighted by molar-refractivity contribution is 0.679. The summed E-state index contributed by atoms with van der Waals surface area (Å²) in [4.78, 5) is 0. The molecule has 0 aliphatic heterocycles. The summed E-state index contributed by atoms with van der Waals surface area (Å²) >= 11 is 5.88. The number of rotatable bonds is 4. The van der Waals surface area contributed by atoms with Gasteiger partial charge in [0, 0.05) is 18.3 Å². The predicted molar refractivity (Wildman–Crippen MR) is 62.9 cm³/mol. The number of hydrogen-bond donors (Lipinski definition) is 2. The molecule has 80 valence electrons. The molecule has 0 spiro atoms. The van der Waals surface area contributed by atoms with Gasteiger partial charge in [-0.3, -0.25) is 0 Å². The van der Waals surface area contributed by atoms with Crippen LogP contribution in [0.4, 0.5) is 5.69 Å². The number of nitrogens with one attached hydrogen (secondary N) is 1. The topological polar surface area (TPSA) is 61.8 Å². The van der Waals surface area contributed by atoms with E-state index >= 15 is 0 Å². The Morgan fingerprint density at radius 1 is 1.60 bits per heavy atom. The summed E-state index contributed by atoms with van der Waals surface area (Å²) in [6.45, 7) is 2.75. The van der Waals surface area contributed by atoms with Gasteiger partial charge in [0.15, 0.2) is 0 Å². The summed E-state index contributed by atoms with van der Waals surface area (Å²) in [5, 5.41) is 12.3. The predicted octanol–water partition coefficient (Wildman–Crippen LogP) is 2.36. The third-order valence-corrected chi connectivity index (χ3v) is 2.49. The van der Waals surface area contributed by atoms with Crippen LogP contribution in [0.2, 0.25) is 5.02 Å². The van der Waals surface area contributed by atoms with Crippen molar-refractivity contribution in [3.63, 3.8) is 0 Å². The smallest absolute Gasteiger partial charge is 0.101 e. The SMILES string of the molecule is CCC(N)CNc1ccc(C#N)c(Cl)c1. The molecule has 1 aromatic rings. The number of hydrogen-bond acceptors (Lipinski definition) is 3. The van der Waals surface area contributed by atoms with Crippen molar-refractivity contribution in [3.8, 4) is 6.07 Å². The number of halogens is 1. The van der Waals surface area contributed by atoms with E-state index < -0.39 is 0 Å². The summed E-state index contributed by atoms with van der Waals surface area (Å²) in [5.74, 6) is 0. The van der Waals surface area contributed by atoms with Gasteiger partial charge < -0.3 is 11.1 Å². The lowest BCUT2D eigenvalue weighted by atomic mass is 10.2. The molecule has 3 N–H and O–H groups in total. The van der Waals surface area contributed by atoms with Crippen LogP contribution < -0.4 is 11.1 Å². The van der Waals surface area contributed by atoms with E-state index in [-0.39, 0.29) is 6.04 Å². The lowest BCUT2D eigenvalue weighted by Crippen LogP contribution is -2.27. The van der Waals surface area contributed by atoms with Crippen LogP contribution in [0, 0.1) is 11.3 Å². The minimum Gasteiger partial charge on any atom is -0.383 e. The molecule has 1 unspecified atom stereocenters. The Morgan fingerprint density at radius 3 is 2.87 bits per heavy atom. The maximum atomic E-state index is 8.69. The molecule has 0 saturated carbocycles. The Morgan fingerprint density at radius 2 is 2.33 bits per heavy atom. The molecule has 0 heterocycles. The molecule has 0 fully saturated rings. The first-order valence-corrected chi connectivity index (χ1v) is 5.24. The van der Waals surface area contributed by atoms with Gasteiger partial charge in [0.1, 0.15) is 6.07 Å². The second kappa shape index (κ2) is 5.59. The van der Waals surface area contributed by atoms with Crippen molar-refractivity contribution >= 4 is 17.3 Å². The van der Waals surface area contributed by atoms with Crippen LogP contribution in [-0.4, -0.2) is 12.6 Å². The van der Waals surface area contributed by atoms with Crippen LogP contribution in [0.25, 0.3) is 0 Å². The highest BCUT2D eigenvalue weighted by Gasteiger charge is 2.02. The van der Waals surface area contributed by atoms with Gasteiger partial charge >= 0.3 is 0 Å². The summed E-state index contributed by atoms with van der Waals surface area (Å²) < 4.78 is 0. The highest BCUT2D eigenvalue weighted by molar-refractivity contribution is 6.32. The van der Waals surface area contributed by atoms with Crippen LogP contribution in [0.3, 0.4) is 0 Å². The third kappa shape index (κ3) is 3.43. The number of benzene rings is 1. The van der Waals surface area contributed by atoms with E-state index in [9.17, 15) is 0 Å². The van der Waals surface area contributed by atoms with E-state index in [1.807, 2.05) is 19.1 Å². The maximum Gasteiger partial charge on any atom is 0.101 e. The summed E-state index contributed by atoms with van der Waals surface area (Å²) in [7, 11) is 0. The minimum absolute atomic E-state index is 0.138. The molecule has 0 amide bonds. The second-order valence-electron chi connectivity index (χ2n) is 3.36. The van der Waals surface area contributed by atoms with Crippen molar-refractivity contribution < 1.29 is 0 Å². The average Bonchev–Trinajstić information content (AvgIpc) is 2.26. The van der Waals surface area contributed by atoms with Crippen molar-refractivity contribution in [3.05, 3.63) is 28.8 Å². The van der Waals surface area contributed by atoms with Gasteiger partial charge in [-0.15, -0.1) is 0 Å². The Balaban J connectivity index is 2.64. The largest absolute Gasteiger partial charge is 0.383 e. The van der Waals surface area contributed by atoms with E-state index in [2.05, 4.69) is 5.32 Å². The van der Waals surface area contributed by atoms with Crippen molar-refractivity contribution in [2.75, 3.05) is 11.9 Å². The van der Waals surface area contributed by atoms with E-state index in [1.165, 1.54) is 0 Å². The van der Waals surface area contributed by atoms with E-state index in [0.29, 0.717) is 17.1 Å². The van der Waals surface area contributed by atoms with Crippen molar-refractivity contribution in [2.45, 2.75) is 19.4 Å². The number of anilines is 1. The number of nitrogens with zero attached hydrogens (tertiary/aromatic N) is 1. The molecule has 4 heteroatoms. The summed E-state index contributed by atoms with van der Waals surface area (Å²) in [6, 6.07) is 7.41. The van der Waals surface area contributed by atoms with Gasteiger partial charge in [-0.25, -0.2) is 0 Å². The van der Waals surface area contributed by atoms with E-state index in [1.54, 1.807) is 12.1 Å². The third-order valence-electron chi connectivity index (χ3n) is 2.18. The molecule has 1 atom stereocenters. The zero-order chi connectivity index (χ0) is 11.3. The fourth-order valence-electron chi connectivity index (χ4n) is 1.11. The van der Waals surface area contributed by atoms with E-state index in [0.717, 1.165) is 12.1 Å². The molecular formula is C11H14ClN3. The van der Waals surface area contributed by atoms with Gasteiger partial charge in [-0.05, 0) is 24.6 Å². The molecule has 0 radical (unpaired) electrons. The van der Waals surface area contributed by atoms with Crippen molar-refractivity contribution in [1.29, 1.82) is 5.26 Å². The average molecular weight is 224 g/mol. The molecule has 0 aromatic heterocycles. The Bertz CT molecular complexity index is 371. The Labute approximate surface area is 94.8 Å². The molecular weight excluding hydrogens is 210 g/mol. The molecule has 1 aromatic carbocycles. The summed E-state index contributed by atoms with van der Waals surface area (Å²) in [6.07, 6.45) is 0.928. The molecule has 0 aliphatic rings. The minimum atomic E-state index is 0.138. The Kier molecular flexibility index (Phi) is 4.41. The highest BCUT2D eigenvalue weighted by atomic mass is 35.5. The number of nitriles is 1. The van der Waals surface area contributed by atoms with Crippen LogP contribution in [0.5, 0.6) is 0 Å². The lowest BCUT2D eigenvalue weighted by Gasteiger charge is -2.11. The monoisotopic (exact) mass is 223 g/mol. The standard InChI is InChI=1S/C11H14ClN3/c1-2-9(14)7-15-10-4-3-8(6-13)11(12)5-10/h3-5,9,15H,2,7,14H2,1H3.